The molecule has 0 N–H and O–H groups in total. The lowest BCUT2D eigenvalue weighted by Crippen LogP contribution is -2.49. The van der Waals surface area contributed by atoms with E-state index >= 15 is 0 Å². The van der Waals surface area contributed by atoms with Gasteiger partial charge < -0.3 is 14.0 Å². The highest BCUT2D eigenvalue weighted by atomic mass is 16.6. The second-order valence-electron chi connectivity index (χ2n) is 6.74. The normalized spacial score (nSPS) is 19.5. The van der Waals surface area contributed by atoms with Gasteiger partial charge in [0.2, 0.25) is 0 Å². The number of benzene rings is 2. The van der Waals surface area contributed by atoms with E-state index in [0.29, 0.717) is 12.2 Å². The third-order valence-electron chi connectivity index (χ3n) is 4.38. The number of hydrogen-bond acceptors (Lipinski definition) is 5. The average Bonchev–Trinajstić information content (AvgIpc) is 2.61. The van der Waals surface area contributed by atoms with Crippen LogP contribution >= 0.6 is 0 Å². The molecule has 1 fully saturated rings. The van der Waals surface area contributed by atoms with Crippen LogP contribution in [0.5, 0.6) is 5.75 Å². The van der Waals surface area contributed by atoms with Gasteiger partial charge in [-0.3, -0.25) is 10.1 Å². The first-order chi connectivity index (χ1) is 11.9. The van der Waals surface area contributed by atoms with E-state index in [1.165, 1.54) is 6.07 Å². The highest BCUT2D eigenvalue weighted by Crippen LogP contribution is 2.43. The zero-order valence-electron chi connectivity index (χ0n) is 14.5. The Balaban J connectivity index is 1.93. The summed E-state index contributed by atoms with van der Waals surface area (Å²) in [5, 5.41) is 11.4. The molecule has 3 rings (SSSR count). The van der Waals surface area contributed by atoms with E-state index < -0.39 is 18.6 Å². The van der Waals surface area contributed by atoms with Crippen molar-refractivity contribution in [2.75, 3.05) is 13.7 Å². The summed E-state index contributed by atoms with van der Waals surface area (Å²) in [6, 6.07) is 14.1. The molecule has 1 saturated heterocycles. The molecule has 0 aromatic heterocycles. The van der Waals surface area contributed by atoms with Crippen LogP contribution in [0.15, 0.2) is 48.5 Å². The lowest BCUT2D eigenvalue weighted by atomic mass is 9.72. The molecule has 1 aliphatic rings. The van der Waals surface area contributed by atoms with Crippen molar-refractivity contribution in [3.8, 4) is 5.75 Å². The molecule has 2 aromatic rings. The van der Waals surface area contributed by atoms with Gasteiger partial charge in [0.05, 0.1) is 23.7 Å². The van der Waals surface area contributed by atoms with E-state index in [1.54, 1.807) is 25.3 Å². The van der Waals surface area contributed by atoms with E-state index in [0.717, 1.165) is 11.2 Å². The maximum Gasteiger partial charge on any atom is 0.494 e. The Morgan fingerprint density at radius 1 is 1.20 bits per heavy atom. The first-order valence-electron chi connectivity index (χ1n) is 8.07. The molecule has 6 nitrogen and oxygen atoms in total. The molecule has 7 heteroatoms. The fourth-order valence-electron chi connectivity index (χ4n) is 3.02. The molecule has 0 amide bonds. The first-order valence-corrected chi connectivity index (χ1v) is 8.07. The first kappa shape index (κ1) is 17.4. The minimum Gasteiger partial charge on any atom is -0.497 e. The van der Waals surface area contributed by atoms with Crippen molar-refractivity contribution in [2.45, 2.75) is 20.0 Å². The predicted octanol–water partition coefficient (Wildman–Crippen LogP) is 3.11. The third kappa shape index (κ3) is 3.52. The lowest BCUT2D eigenvalue weighted by Gasteiger charge is -2.41. The predicted molar refractivity (Wildman–Crippen MR) is 95.0 cm³/mol. The van der Waals surface area contributed by atoms with Crippen molar-refractivity contribution in [1.82, 2.24) is 0 Å². The standard InChI is InChI=1S/C18H20BNO5/c1-18(2)12-24-19(13-8-10-14(23-3)11-9-13)25-17(18)15-6-4-5-7-16(15)20(21)22/h4-11,17H,12H2,1-3H3. The summed E-state index contributed by atoms with van der Waals surface area (Å²) in [7, 11) is 1.03. The van der Waals surface area contributed by atoms with Crippen LogP contribution in [0, 0.1) is 15.5 Å². The molecular formula is C18H20BNO5. The number of nitrogens with zero attached hydrogens (tertiary/aromatic N) is 1. The lowest BCUT2D eigenvalue weighted by molar-refractivity contribution is -0.386. The molecular weight excluding hydrogens is 321 g/mol. The van der Waals surface area contributed by atoms with Crippen LogP contribution in [0.25, 0.3) is 0 Å². The topological polar surface area (TPSA) is 70.8 Å². The van der Waals surface area contributed by atoms with Crippen molar-refractivity contribution in [2.24, 2.45) is 5.41 Å². The molecule has 0 spiro atoms. The molecule has 130 valence electrons. The molecule has 0 saturated carbocycles. The smallest absolute Gasteiger partial charge is 0.494 e. The van der Waals surface area contributed by atoms with Crippen molar-refractivity contribution < 1.29 is 19.0 Å². The van der Waals surface area contributed by atoms with E-state index in [-0.39, 0.29) is 10.6 Å². The maximum absolute atomic E-state index is 11.4. The summed E-state index contributed by atoms with van der Waals surface area (Å²) in [6.45, 7) is 4.40. The second kappa shape index (κ2) is 6.86. The van der Waals surface area contributed by atoms with Crippen molar-refractivity contribution in [3.63, 3.8) is 0 Å². The quantitative estimate of drug-likeness (QED) is 0.485. The number of ether oxygens (including phenoxy) is 1. The number of nitro benzene ring substituents is 1. The van der Waals surface area contributed by atoms with E-state index in [4.69, 9.17) is 14.0 Å². The zero-order valence-corrected chi connectivity index (χ0v) is 14.5. The largest absolute Gasteiger partial charge is 0.497 e. The van der Waals surface area contributed by atoms with Gasteiger partial charge in [-0.2, -0.15) is 0 Å². The van der Waals surface area contributed by atoms with Crippen LogP contribution in [0.2, 0.25) is 0 Å². The maximum atomic E-state index is 11.4. The van der Waals surface area contributed by atoms with Gasteiger partial charge in [-0.1, -0.05) is 38.1 Å². The van der Waals surface area contributed by atoms with Crippen molar-refractivity contribution in [1.29, 1.82) is 0 Å². The average molecular weight is 341 g/mol. The van der Waals surface area contributed by atoms with Crippen LogP contribution in [0.1, 0.15) is 25.5 Å². The van der Waals surface area contributed by atoms with Gasteiger partial charge >= 0.3 is 7.12 Å². The molecule has 1 heterocycles. The van der Waals surface area contributed by atoms with Crippen LogP contribution in [-0.2, 0) is 9.31 Å². The van der Waals surface area contributed by atoms with Gasteiger partial charge in [0.1, 0.15) is 5.75 Å². The van der Waals surface area contributed by atoms with Gasteiger partial charge in [0.15, 0.2) is 0 Å². The molecule has 1 aliphatic heterocycles. The molecule has 2 aromatic carbocycles. The summed E-state index contributed by atoms with van der Waals surface area (Å²) in [6.07, 6.45) is -0.449. The summed E-state index contributed by atoms with van der Waals surface area (Å²) in [5.74, 6) is 0.745. The zero-order chi connectivity index (χ0) is 18.0. The molecule has 25 heavy (non-hydrogen) atoms. The van der Waals surface area contributed by atoms with Crippen molar-refractivity contribution in [3.05, 3.63) is 64.2 Å². The van der Waals surface area contributed by atoms with E-state index in [2.05, 4.69) is 0 Å². The van der Waals surface area contributed by atoms with Gasteiger partial charge in [-0.15, -0.1) is 0 Å². The van der Waals surface area contributed by atoms with Gasteiger partial charge in [-0.25, -0.2) is 0 Å². The van der Waals surface area contributed by atoms with Gasteiger partial charge in [0, 0.05) is 18.1 Å². The fourth-order valence-corrected chi connectivity index (χ4v) is 3.02. The van der Waals surface area contributed by atoms with Crippen molar-refractivity contribution >= 4 is 18.3 Å². The monoisotopic (exact) mass is 341 g/mol. The Labute approximate surface area is 147 Å². The number of rotatable bonds is 4. The van der Waals surface area contributed by atoms with Crippen LogP contribution < -0.4 is 10.2 Å². The van der Waals surface area contributed by atoms with Gasteiger partial charge in [0.25, 0.3) is 5.69 Å². The Hall–Kier alpha value is -2.38. The van der Waals surface area contributed by atoms with Gasteiger partial charge in [-0.05, 0) is 23.7 Å². The fraction of sp³-hybridized carbons (Fsp3) is 0.333. The van der Waals surface area contributed by atoms with Crippen LogP contribution in [0.4, 0.5) is 5.69 Å². The minimum absolute atomic E-state index is 0.0657. The number of para-hydroxylation sites is 1. The van der Waals surface area contributed by atoms with E-state index in [9.17, 15) is 10.1 Å². The Kier molecular flexibility index (Phi) is 4.79. The van der Waals surface area contributed by atoms with E-state index in [1.807, 2.05) is 38.1 Å². The summed E-state index contributed by atoms with van der Waals surface area (Å²) >= 11 is 0. The highest BCUT2D eigenvalue weighted by Gasteiger charge is 2.44. The molecule has 1 unspecified atom stereocenters. The summed E-state index contributed by atoms with van der Waals surface area (Å²) < 4.78 is 17.2. The SMILES string of the molecule is COc1ccc(B2OCC(C)(C)C(c3ccccc3[N+](=O)[O-])O2)cc1. The molecule has 0 radical (unpaired) electrons. The summed E-state index contributed by atoms with van der Waals surface area (Å²) in [5.41, 5.74) is 1.09. The molecule has 1 atom stereocenters. The minimum atomic E-state index is -0.580. The summed E-state index contributed by atoms with van der Waals surface area (Å²) in [4.78, 5) is 11.0. The number of nitro groups is 1. The Morgan fingerprint density at radius 3 is 2.52 bits per heavy atom. The second-order valence-corrected chi connectivity index (χ2v) is 6.74. The number of methoxy groups -OCH3 is 1. The highest BCUT2D eigenvalue weighted by molar-refractivity contribution is 6.61. The molecule has 0 aliphatic carbocycles. The Morgan fingerprint density at radius 2 is 1.88 bits per heavy atom. The van der Waals surface area contributed by atoms with Crippen LogP contribution in [0.3, 0.4) is 0 Å². The number of hydrogen-bond donors (Lipinski definition) is 0. The third-order valence-corrected chi connectivity index (χ3v) is 4.38. The molecule has 0 bridgehead atoms. The van der Waals surface area contributed by atoms with Crippen LogP contribution in [-0.4, -0.2) is 25.8 Å². The Bertz CT molecular complexity index is 762.